The van der Waals surface area contributed by atoms with Crippen LogP contribution in [0.2, 0.25) is 0 Å². The number of benzene rings is 1. The van der Waals surface area contributed by atoms with Gasteiger partial charge in [-0.15, -0.1) is 19.7 Å². The number of rotatable bonds is 2. The Balaban J connectivity index is 0. The molecule has 0 aliphatic rings. The van der Waals surface area contributed by atoms with Gasteiger partial charge in [-0.3, -0.25) is 0 Å². The van der Waals surface area contributed by atoms with Gasteiger partial charge in [0.1, 0.15) is 0 Å². The summed E-state index contributed by atoms with van der Waals surface area (Å²) in [6.45, 7) is 15.7. The molecule has 0 nitrogen and oxygen atoms in total. The van der Waals surface area contributed by atoms with Gasteiger partial charge in [-0.05, 0) is 24.8 Å². The van der Waals surface area contributed by atoms with Crippen molar-refractivity contribution in [2.45, 2.75) is 27.2 Å². The first-order chi connectivity index (χ1) is 7.20. The Morgan fingerprint density at radius 2 is 1.53 bits per heavy atom. The SMILES string of the molecule is C=C.C=CC.CC(C)Cc1ccccc1. The summed E-state index contributed by atoms with van der Waals surface area (Å²) in [7, 11) is 0. The Labute approximate surface area is 95.3 Å². The van der Waals surface area contributed by atoms with Crippen LogP contribution in [-0.4, -0.2) is 0 Å². The van der Waals surface area contributed by atoms with E-state index in [1.165, 1.54) is 12.0 Å². The van der Waals surface area contributed by atoms with Crippen LogP contribution in [0.15, 0.2) is 56.1 Å². The highest BCUT2D eigenvalue weighted by Gasteiger charge is 1.94. The van der Waals surface area contributed by atoms with E-state index in [1.807, 2.05) is 6.92 Å². The predicted octanol–water partition coefficient (Wildman–Crippen LogP) is 4.88. The molecule has 0 N–H and O–H groups in total. The van der Waals surface area contributed by atoms with Crippen molar-refractivity contribution < 1.29 is 0 Å². The fourth-order valence-electron chi connectivity index (χ4n) is 1.09. The molecule has 0 fully saturated rings. The first-order valence-electron chi connectivity index (χ1n) is 5.31. The van der Waals surface area contributed by atoms with Crippen molar-refractivity contribution in [2.24, 2.45) is 5.92 Å². The molecular formula is C15H24. The minimum absolute atomic E-state index is 0.766. The number of allylic oxidation sites excluding steroid dienone is 1. The molecule has 0 aliphatic heterocycles. The van der Waals surface area contributed by atoms with E-state index in [0.29, 0.717) is 0 Å². The summed E-state index contributed by atoms with van der Waals surface area (Å²) in [5.41, 5.74) is 1.44. The molecule has 0 saturated carbocycles. The van der Waals surface area contributed by atoms with E-state index in [4.69, 9.17) is 0 Å². The topological polar surface area (TPSA) is 0 Å². The molecule has 0 aliphatic carbocycles. The second-order valence-corrected chi connectivity index (χ2v) is 3.49. The Morgan fingerprint density at radius 3 is 1.87 bits per heavy atom. The van der Waals surface area contributed by atoms with E-state index in [1.54, 1.807) is 6.08 Å². The smallest absolute Gasteiger partial charge is 0.0256 e. The molecule has 0 bridgehead atoms. The van der Waals surface area contributed by atoms with Crippen LogP contribution in [0.3, 0.4) is 0 Å². The minimum Gasteiger partial charge on any atom is -0.106 e. The monoisotopic (exact) mass is 204 g/mol. The molecule has 0 amide bonds. The maximum Gasteiger partial charge on any atom is -0.0256 e. The second-order valence-electron chi connectivity index (χ2n) is 3.49. The van der Waals surface area contributed by atoms with Gasteiger partial charge in [0, 0.05) is 0 Å². The largest absolute Gasteiger partial charge is 0.106 e. The van der Waals surface area contributed by atoms with Crippen molar-refractivity contribution in [2.75, 3.05) is 0 Å². The molecule has 0 radical (unpaired) electrons. The van der Waals surface area contributed by atoms with E-state index in [2.05, 4.69) is 63.9 Å². The summed E-state index contributed by atoms with van der Waals surface area (Å²) in [4.78, 5) is 0. The van der Waals surface area contributed by atoms with E-state index < -0.39 is 0 Å². The lowest BCUT2D eigenvalue weighted by atomic mass is 10.0. The Hall–Kier alpha value is -1.30. The molecule has 0 spiro atoms. The summed E-state index contributed by atoms with van der Waals surface area (Å²) in [5, 5.41) is 0. The van der Waals surface area contributed by atoms with Crippen molar-refractivity contribution >= 4 is 0 Å². The van der Waals surface area contributed by atoms with Crippen LogP contribution >= 0.6 is 0 Å². The van der Waals surface area contributed by atoms with E-state index in [-0.39, 0.29) is 0 Å². The van der Waals surface area contributed by atoms with E-state index in [9.17, 15) is 0 Å². The first kappa shape index (κ1) is 16.1. The van der Waals surface area contributed by atoms with Crippen LogP contribution in [0.4, 0.5) is 0 Å². The van der Waals surface area contributed by atoms with Crippen LogP contribution in [0.25, 0.3) is 0 Å². The summed E-state index contributed by atoms with van der Waals surface area (Å²) < 4.78 is 0. The van der Waals surface area contributed by atoms with Gasteiger partial charge in [0.2, 0.25) is 0 Å². The highest BCUT2D eigenvalue weighted by Crippen LogP contribution is 2.05. The molecule has 0 aromatic heterocycles. The lowest BCUT2D eigenvalue weighted by Crippen LogP contribution is -1.92. The summed E-state index contributed by atoms with van der Waals surface area (Å²) in [6.07, 6.45) is 2.95. The second kappa shape index (κ2) is 12.7. The Morgan fingerprint density at radius 1 is 1.13 bits per heavy atom. The van der Waals surface area contributed by atoms with Gasteiger partial charge in [-0.1, -0.05) is 50.3 Å². The van der Waals surface area contributed by atoms with Crippen LogP contribution in [-0.2, 0) is 6.42 Å². The zero-order valence-corrected chi connectivity index (χ0v) is 10.4. The molecule has 1 aromatic rings. The van der Waals surface area contributed by atoms with Gasteiger partial charge >= 0.3 is 0 Å². The highest BCUT2D eigenvalue weighted by molar-refractivity contribution is 5.14. The normalized spacial score (nSPS) is 8.00. The Bertz CT molecular complexity index is 221. The van der Waals surface area contributed by atoms with Gasteiger partial charge in [0.15, 0.2) is 0 Å². The fourth-order valence-corrected chi connectivity index (χ4v) is 1.09. The maximum absolute atomic E-state index is 3.36. The van der Waals surface area contributed by atoms with Gasteiger partial charge in [0.25, 0.3) is 0 Å². The quantitative estimate of drug-likeness (QED) is 0.602. The molecule has 0 atom stereocenters. The zero-order valence-electron chi connectivity index (χ0n) is 10.4. The number of hydrogen-bond donors (Lipinski definition) is 0. The van der Waals surface area contributed by atoms with Crippen LogP contribution < -0.4 is 0 Å². The molecule has 0 saturated heterocycles. The van der Waals surface area contributed by atoms with Gasteiger partial charge in [0.05, 0.1) is 0 Å². The summed E-state index contributed by atoms with van der Waals surface area (Å²) in [6, 6.07) is 10.6. The van der Waals surface area contributed by atoms with Crippen molar-refractivity contribution in [3.05, 3.63) is 61.7 Å². The molecule has 0 unspecified atom stereocenters. The van der Waals surface area contributed by atoms with E-state index in [0.717, 1.165) is 5.92 Å². The summed E-state index contributed by atoms with van der Waals surface area (Å²) >= 11 is 0. The predicted molar refractivity (Wildman–Crippen MR) is 72.1 cm³/mol. The molecular weight excluding hydrogens is 180 g/mol. The summed E-state index contributed by atoms with van der Waals surface area (Å²) in [5.74, 6) is 0.766. The van der Waals surface area contributed by atoms with Gasteiger partial charge in [-0.2, -0.15) is 0 Å². The molecule has 84 valence electrons. The third-order valence-corrected chi connectivity index (χ3v) is 1.49. The van der Waals surface area contributed by atoms with Crippen molar-refractivity contribution in [1.29, 1.82) is 0 Å². The van der Waals surface area contributed by atoms with Gasteiger partial charge in [-0.25, -0.2) is 0 Å². The average Bonchev–Trinajstić information content (AvgIpc) is 2.22. The Kier molecular flexibility index (Phi) is 13.7. The van der Waals surface area contributed by atoms with Crippen molar-refractivity contribution in [3.8, 4) is 0 Å². The lowest BCUT2D eigenvalue weighted by molar-refractivity contribution is 0.647. The van der Waals surface area contributed by atoms with Crippen molar-refractivity contribution in [1.82, 2.24) is 0 Å². The van der Waals surface area contributed by atoms with Crippen LogP contribution in [0.5, 0.6) is 0 Å². The molecule has 0 heteroatoms. The third kappa shape index (κ3) is 12.7. The van der Waals surface area contributed by atoms with Crippen LogP contribution in [0, 0.1) is 5.92 Å². The molecule has 0 heterocycles. The van der Waals surface area contributed by atoms with Crippen LogP contribution in [0.1, 0.15) is 26.3 Å². The zero-order chi connectivity index (χ0) is 12.1. The highest BCUT2D eigenvalue weighted by atomic mass is 14.0. The fraction of sp³-hybridized carbons (Fsp3) is 0.333. The van der Waals surface area contributed by atoms with Gasteiger partial charge < -0.3 is 0 Å². The third-order valence-electron chi connectivity index (χ3n) is 1.49. The molecule has 1 aromatic carbocycles. The van der Waals surface area contributed by atoms with Crippen molar-refractivity contribution in [3.63, 3.8) is 0 Å². The molecule has 15 heavy (non-hydrogen) atoms. The van der Waals surface area contributed by atoms with E-state index >= 15 is 0 Å². The lowest BCUT2D eigenvalue weighted by Gasteiger charge is -2.02. The first-order valence-corrected chi connectivity index (χ1v) is 5.31. The standard InChI is InChI=1S/C10H14.C3H6.C2H4/c1-9(2)8-10-6-4-3-5-7-10;1-3-2;1-2/h3-7,9H,8H2,1-2H3;3H,1H2,2H3;1-2H2. The molecule has 1 rings (SSSR count). The average molecular weight is 204 g/mol. The number of hydrogen-bond acceptors (Lipinski definition) is 0. The maximum atomic E-state index is 3.36. The minimum atomic E-state index is 0.766.